The number of nitrogens with zero attached hydrogens (tertiary/aromatic N) is 4. The third kappa shape index (κ3) is 2.18. The summed E-state index contributed by atoms with van der Waals surface area (Å²) < 4.78 is 15.1. The molecule has 5 nitrogen and oxygen atoms in total. The van der Waals surface area contributed by atoms with Crippen LogP contribution in [0.3, 0.4) is 0 Å². The molecule has 0 bridgehead atoms. The van der Waals surface area contributed by atoms with Crippen LogP contribution in [-0.2, 0) is 13.0 Å². The Morgan fingerprint density at radius 1 is 1.39 bits per heavy atom. The molecule has 2 N–H and O–H groups in total. The summed E-state index contributed by atoms with van der Waals surface area (Å²) >= 11 is 0. The molecule has 0 fully saturated rings. The molecule has 0 spiro atoms. The third-order valence-electron chi connectivity index (χ3n) is 2.78. The second kappa shape index (κ2) is 5.12. The molecule has 0 aliphatic carbocycles. The molecule has 0 aliphatic heterocycles. The number of imidazole rings is 1. The predicted octanol–water partition coefficient (Wildman–Crippen LogP) is 2.08. The van der Waals surface area contributed by atoms with E-state index in [1.165, 1.54) is 0 Å². The highest BCUT2D eigenvalue weighted by atomic mass is 19.1. The Balaban J connectivity index is 2.50. The topological polar surface area (TPSA) is 69.6 Å². The standard InChI is InChI=1S/C12H16FN5/c1-3-5-6-7-18-8(4-2)15-9-10(14)16-12(13)17-11(9)18/h3H,1,4-7H2,2H3,(H2,14,16,17). The van der Waals surface area contributed by atoms with Crippen molar-refractivity contribution < 1.29 is 4.39 Å². The van der Waals surface area contributed by atoms with E-state index in [9.17, 15) is 4.39 Å². The number of unbranched alkanes of at least 4 members (excludes halogenated alkanes) is 1. The summed E-state index contributed by atoms with van der Waals surface area (Å²) in [6.45, 7) is 6.40. The van der Waals surface area contributed by atoms with Crippen LogP contribution in [0.15, 0.2) is 12.7 Å². The molecule has 0 saturated carbocycles. The van der Waals surface area contributed by atoms with E-state index in [4.69, 9.17) is 5.73 Å². The van der Waals surface area contributed by atoms with Crippen molar-refractivity contribution in [2.45, 2.75) is 32.7 Å². The van der Waals surface area contributed by atoms with Gasteiger partial charge in [0, 0.05) is 13.0 Å². The van der Waals surface area contributed by atoms with Crippen molar-refractivity contribution in [2.75, 3.05) is 5.73 Å². The van der Waals surface area contributed by atoms with Crippen LogP contribution in [0.25, 0.3) is 11.2 Å². The second-order valence-corrected chi connectivity index (χ2v) is 4.01. The Labute approximate surface area is 105 Å². The van der Waals surface area contributed by atoms with Gasteiger partial charge in [-0.15, -0.1) is 6.58 Å². The van der Waals surface area contributed by atoms with Crippen molar-refractivity contribution in [3.05, 3.63) is 24.6 Å². The summed E-state index contributed by atoms with van der Waals surface area (Å²) in [7, 11) is 0. The Kier molecular flexibility index (Phi) is 3.55. The minimum Gasteiger partial charge on any atom is -0.382 e. The number of hydrogen-bond donors (Lipinski definition) is 1. The van der Waals surface area contributed by atoms with Crippen LogP contribution in [0.5, 0.6) is 0 Å². The first-order valence-corrected chi connectivity index (χ1v) is 5.96. The molecular formula is C12H16FN5. The molecule has 6 heteroatoms. The van der Waals surface area contributed by atoms with Crippen molar-refractivity contribution in [1.82, 2.24) is 19.5 Å². The maximum absolute atomic E-state index is 13.2. The summed E-state index contributed by atoms with van der Waals surface area (Å²) in [6.07, 6.45) is 3.59. The molecule has 2 aromatic heterocycles. The lowest BCUT2D eigenvalue weighted by Crippen LogP contribution is -2.05. The third-order valence-corrected chi connectivity index (χ3v) is 2.78. The number of nitrogens with two attached hydrogens (primary N) is 1. The molecule has 2 heterocycles. The van der Waals surface area contributed by atoms with Crippen LogP contribution in [0, 0.1) is 6.08 Å². The lowest BCUT2D eigenvalue weighted by molar-refractivity contribution is 0.540. The number of hydrogen-bond acceptors (Lipinski definition) is 4. The summed E-state index contributed by atoms with van der Waals surface area (Å²) in [4.78, 5) is 11.7. The maximum Gasteiger partial charge on any atom is 0.312 e. The molecule has 18 heavy (non-hydrogen) atoms. The van der Waals surface area contributed by atoms with E-state index >= 15 is 0 Å². The van der Waals surface area contributed by atoms with Gasteiger partial charge in [0.15, 0.2) is 17.0 Å². The zero-order valence-corrected chi connectivity index (χ0v) is 10.4. The van der Waals surface area contributed by atoms with Crippen LogP contribution in [0.2, 0.25) is 0 Å². The molecule has 0 radical (unpaired) electrons. The van der Waals surface area contributed by atoms with Gasteiger partial charge in [0.05, 0.1) is 0 Å². The molecule has 0 aromatic carbocycles. The van der Waals surface area contributed by atoms with Gasteiger partial charge in [-0.3, -0.25) is 0 Å². The molecule has 0 amide bonds. The number of aromatic nitrogens is 4. The number of rotatable bonds is 5. The number of fused-ring (bicyclic) bond motifs is 1. The van der Waals surface area contributed by atoms with Gasteiger partial charge in [0.2, 0.25) is 0 Å². The Hall–Kier alpha value is -1.98. The molecular weight excluding hydrogens is 233 g/mol. The minimum atomic E-state index is -0.812. The maximum atomic E-state index is 13.2. The zero-order valence-electron chi connectivity index (χ0n) is 10.4. The largest absolute Gasteiger partial charge is 0.382 e. The van der Waals surface area contributed by atoms with E-state index in [2.05, 4.69) is 21.5 Å². The first-order valence-electron chi connectivity index (χ1n) is 5.96. The van der Waals surface area contributed by atoms with E-state index in [1.54, 1.807) is 0 Å². The number of allylic oxidation sites excluding steroid dienone is 1. The number of halogens is 1. The van der Waals surface area contributed by atoms with Gasteiger partial charge in [-0.1, -0.05) is 13.0 Å². The van der Waals surface area contributed by atoms with Crippen LogP contribution < -0.4 is 5.73 Å². The lowest BCUT2D eigenvalue weighted by Gasteiger charge is -2.06. The van der Waals surface area contributed by atoms with E-state index in [0.717, 1.165) is 31.6 Å². The first-order chi connectivity index (χ1) is 8.67. The summed E-state index contributed by atoms with van der Waals surface area (Å²) in [6, 6.07) is 0. The number of anilines is 1. The van der Waals surface area contributed by atoms with Crippen molar-refractivity contribution in [3.63, 3.8) is 0 Å². The molecule has 0 unspecified atom stereocenters. The number of nitrogen functional groups attached to an aromatic ring is 1. The smallest absolute Gasteiger partial charge is 0.312 e. The SMILES string of the molecule is C=CCCCn1c(CC)nc2c(N)nc(F)nc21. The zero-order chi connectivity index (χ0) is 13.1. The Bertz CT molecular complexity index is 575. The van der Waals surface area contributed by atoms with Crippen LogP contribution in [-0.4, -0.2) is 19.5 Å². The Morgan fingerprint density at radius 3 is 2.83 bits per heavy atom. The molecule has 96 valence electrons. The van der Waals surface area contributed by atoms with Gasteiger partial charge in [0.1, 0.15) is 5.82 Å². The van der Waals surface area contributed by atoms with Gasteiger partial charge in [0.25, 0.3) is 0 Å². The minimum absolute atomic E-state index is 0.0923. The van der Waals surface area contributed by atoms with Gasteiger partial charge >= 0.3 is 6.08 Å². The fourth-order valence-electron chi connectivity index (χ4n) is 1.94. The van der Waals surface area contributed by atoms with E-state index in [0.29, 0.717) is 11.2 Å². The average molecular weight is 249 g/mol. The highest BCUT2D eigenvalue weighted by molar-refractivity contribution is 5.81. The quantitative estimate of drug-likeness (QED) is 0.500. The lowest BCUT2D eigenvalue weighted by atomic mass is 10.3. The molecule has 0 aliphatic rings. The van der Waals surface area contributed by atoms with E-state index in [1.807, 2.05) is 17.6 Å². The van der Waals surface area contributed by atoms with Crippen molar-refractivity contribution in [1.29, 1.82) is 0 Å². The molecule has 2 rings (SSSR count). The second-order valence-electron chi connectivity index (χ2n) is 4.01. The first kappa shape index (κ1) is 12.5. The van der Waals surface area contributed by atoms with Crippen molar-refractivity contribution in [2.24, 2.45) is 0 Å². The van der Waals surface area contributed by atoms with Gasteiger partial charge < -0.3 is 10.3 Å². The summed E-state index contributed by atoms with van der Waals surface area (Å²) in [5.41, 5.74) is 6.62. The van der Waals surface area contributed by atoms with Gasteiger partial charge in [-0.2, -0.15) is 14.4 Å². The highest BCUT2D eigenvalue weighted by Crippen LogP contribution is 2.19. The monoisotopic (exact) mass is 249 g/mol. The van der Waals surface area contributed by atoms with Crippen LogP contribution in [0.4, 0.5) is 10.2 Å². The normalized spacial score (nSPS) is 11.0. The van der Waals surface area contributed by atoms with Crippen molar-refractivity contribution >= 4 is 17.0 Å². The van der Waals surface area contributed by atoms with Crippen molar-refractivity contribution in [3.8, 4) is 0 Å². The van der Waals surface area contributed by atoms with Crippen LogP contribution >= 0.6 is 0 Å². The molecule has 0 saturated heterocycles. The van der Waals surface area contributed by atoms with Gasteiger partial charge in [-0.05, 0) is 12.8 Å². The highest BCUT2D eigenvalue weighted by Gasteiger charge is 2.15. The molecule has 0 atom stereocenters. The molecule has 2 aromatic rings. The summed E-state index contributed by atoms with van der Waals surface area (Å²) in [5, 5.41) is 0. The average Bonchev–Trinajstić information content (AvgIpc) is 2.68. The van der Waals surface area contributed by atoms with E-state index < -0.39 is 6.08 Å². The van der Waals surface area contributed by atoms with E-state index in [-0.39, 0.29) is 5.82 Å². The Morgan fingerprint density at radius 2 is 2.17 bits per heavy atom. The fraction of sp³-hybridized carbons (Fsp3) is 0.417. The number of aryl methyl sites for hydroxylation is 2. The predicted molar refractivity (Wildman–Crippen MR) is 68.5 cm³/mol. The van der Waals surface area contributed by atoms with Crippen LogP contribution in [0.1, 0.15) is 25.6 Å². The van der Waals surface area contributed by atoms with Gasteiger partial charge in [-0.25, -0.2) is 4.98 Å². The fourth-order valence-corrected chi connectivity index (χ4v) is 1.94. The summed E-state index contributed by atoms with van der Waals surface area (Å²) in [5.74, 6) is 0.940.